The van der Waals surface area contributed by atoms with Crippen molar-refractivity contribution in [3.05, 3.63) is 68.7 Å². The van der Waals surface area contributed by atoms with Crippen molar-refractivity contribution >= 4 is 39.5 Å². The fourth-order valence-corrected chi connectivity index (χ4v) is 5.08. The van der Waals surface area contributed by atoms with Gasteiger partial charge < -0.3 is 10.2 Å². The molecular formula is C25H23BrClF5N2O4. The lowest BCUT2D eigenvalue weighted by molar-refractivity contribution is -0.192. The molecule has 2 aromatic carbocycles. The molecule has 1 heterocycles. The lowest BCUT2D eigenvalue weighted by atomic mass is 9.62. The summed E-state index contributed by atoms with van der Waals surface area (Å²) in [6.07, 6.45) is -4.72. The van der Waals surface area contributed by atoms with Crippen LogP contribution >= 0.6 is 27.5 Å². The Morgan fingerprint density at radius 2 is 1.74 bits per heavy atom. The second kappa shape index (κ2) is 11.6. The zero-order valence-corrected chi connectivity index (χ0v) is 22.5. The molecule has 206 valence electrons. The molecule has 1 saturated heterocycles. The number of rotatable bonds is 4. The predicted molar refractivity (Wildman–Crippen MR) is 132 cm³/mol. The molecule has 3 N–H and O–H groups in total. The van der Waals surface area contributed by atoms with Crippen molar-refractivity contribution in [1.29, 1.82) is 5.26 Å². The number of hydrogen-bond donors (Lipinski definition) is 3. The van der Waals surface area contributed by atoms with Crippen LogP contribution in [0.3, 0.4) is 0 Å². The van der Waals surface area contributed by atoms with Gasteiger partial charge in [0.25, 0.3) is 0 Å². The van der Waals surface area contributed by atoms with E-state index in [-0.39, 0.29) is 26.0 Å². The number of nitrogens with one attached hydrogen (secondary N) is 1. The highest BCUT2D eigenvalue weighted by Crippen LogP contribution is 2.52. The summed E-state index contributed by atoms with van der Waals surface area (Å²) in [6, 6.07) is 8.60. The summed E-state index contributed by atoms with van der Waals surface area (Å²) in [5, 5.41) is 30.8. The summed E-state index contributed by atoms with van der Waals surface area (Å²) in [5.74, 6) is -6.59. The van der Waals surface area contributed by atoms with E-state index in [0.29, 0.717) is 6.42 Å². The van der Waals surface area contributed by atoms with Crippen LogP contribution in [0.4, 0.5) is 22.0 Å². The van der Waals surface area contributed by atoms with E-state index < -0.39 is 53.2 Å². The van der Waals surface area contributed by atoms with E-state index in [1.807, 2.05) is 20.8 Å². The average molecular weight is 626 g/mol. The first kappa shape index (κ1) is 31.5. The van der Waals surface area contributed by atoms with Crippen molar-refractivity contribution in [2.45, 2.75) is 56.8 Å². The van der Waals surface area contributed by atoms with Crippen LogP contribution < -0.4 is 5.32 Å². The molecule has 13 heteroatoms. The number of alkyl halides is 3. The quantitative estimate of drug-likeness (QED) is 0.338. The van der Waals surface area contributed by atoms with Crippen molar-refractivity contribution in [1.82, 2.24) is 5.32 Å². The van der Waals surface area contributed by atoms with Gasteiger partial charge in [-0.15, -0.1) is 0 Å². The molecule has 0 amide bonds. The standard InChI is InChI=1S/C23H22BrClF2N2O2.C2HF3O2/c1-22(2,3)10-17-23(11-28,14-8-7-12(25)9-16(14)26)18(20(29-17)21(30)31)13-5-4-6-15(24)19(13)27;3-2(4,5)1(6)7/h4-9,17-18,20,29H,10H2,1-3H3,(H,30,31);(H,6,7). The zero-order valence-electron chi connectivity index (χ0n) is 20.2. The van der Waals surface area contributed by atoms with Gasteiger partial charge in [0.1, 0.15) is 23.1 Å². The Balaban J connectivity index is 0.000000638. The number of carboxylic acids is 2. The van der Waals surface area contributed by atoms with Crippen molar-refractivity contribution in [3.63, 3.8) is 0 Å². The van der Waals surface area contributed by atoms with Crippen LogP contribution in [0.2, 0.25) is 5.02 Å². The molecule has 6 nitrogen and oxygen atoms in total. The maximum atomic E-state index is 15.2. The molecule has 0 bridgehead atoms. The average Bonchev–Trinajstić information content (AvgIpc) is 3.08. The zero-order chi connectivity index (χ0) is 29.2. The monoisotopic (exact) mass is 624 g/mol. The highest BCUT2D eigenvalue weighted by Gasteiger charge is 2.61. The molecule has 1 aliphatic heterocycles. The maximum absolute atomic E-state index is 15.2. The van der Waals surface area contributed by atoms with Crippen LogP contribution in [0.5, 0.6) is 0 Å². The van der Waals surface area contributed by atoms with Crippen LogP contribution in [-0.4, -0.2) is 40.4 Å². The van der Waals surface area contributed by atoms with E-state index in [1.54, 1.807) is 6.07 Å². The predicted octanol–water partition coefficient (Wildman–Crippen LogP) is 6.42. The van der Waals surface area contributed by atoms with Gasteiger partial charge in [-0.05, 0) is 51.5 Å². The molecule has 38 heavy (non-hydrogen) atoms. The van der Waals surface area contributed by atoms with Crippen LogP contribution in [-0.2, 0) is 15.0 Å². The first-order chi connectivity index (χ1) is 17.4. The molecule has 0 radical (unpaired) electrons. The van der Waals surface area contributed by atoms with E-state index in [1.165, 1.54) is 24.3 Å². The van der Waals surface area contributed by atoms with Crippen LogP contribution in [0.15, 0.2) is 40.9 Å². The normalized spacial score (nSPS) is 23.2. The fraction of sp³-hybridized carbons (Fsp3) is 0.400. The van der Waals surface area contributed by atoms with Gasteiger partial charge in [-0.2, -0.15) is 18.4 Å². The Kier molecular flexibility index (Phi) is 9.57. The third-order valence-electron chi connectivity index (χ3n) is 5.96. The minimum absolute atomic E-state index is 0.00530. The van der Waals surface area contributed by atoms with Crippen LogP contribution in [0, 0.1) is 28.4 Å². The van der Waals surface area contributed by atoms with Gasteiger partial charge in [0, 0.05) is 22.5 Å². The van der Waals surface area contributed by atoms with E-state index in [4.69, 9.17) is 21.5 Å². The Bertz CT molecular complexity index is 1260. The van der Waals surface area contributed by atoms with Crippen molar-refractivity contribution in [2.75, 3.05) is 0 Å². The number of halogens is 7. The van der Waals surface area contributed by atoms with Gasteiger partial charge in [-0.1, -0.05) is 50.6 Å². The van der Waals surface area contributed by atoms with Gasteiger partial charge in [-0.25, -0.2) is 13.6 Å². The molecular weight excluding hydrogens is 603 g/mol. The summed E-state index contributed by atoms with van der Waals surface area (Å²) >= 11 is 9.07. The molecule has 1 fully saturated rings. The second-order valence-corrected chi connectivity index (χ2v) is 11.1. The SMILES string of the molecule is CC(C)(C)CC1NC(C(=O)O)C(c2cccc(Br)c2F)C1(C#N)c1ccc(Cl)cc1F.O=C(O)C(F)(F)F. The first-order valence-electron chi connectivity index (χ1n) is 11.0. The van der Waals surface area contributed by atoms with E-state index in [2.05, 4.69) is 27.3 Å². The minimum atomic E-state index is -5.08. The molecule has 0 aromatic heterocycles. The summed E-state index contributed by atoms with van der Waals surface area (Å²) in [7, 11) is 0. The largest absolute Gasteiger partial charge is 0.490 e. The molecule has 0 spiro atoms. The van der Waals surface area contributed by atoms with Crippen molar-refractivity contribution in [2.24, 2.45) is 5.41 Å². The second-order valence-electron chi connectivity index (χ2n) is 9.83. The number of nitriles is 1. The van der Waals surface area contributed by atoms with E-state index in [9.17, 15) is 28.3 Å². The number of nitrogens with zero attached hydrogens (tertiary/aromatic N) is 1. The topological polar surface area (TPSA) is 110 Å². The molecule has 4 atom stereocenters. The van der Waals surface area contributed by atoms with Gasteiger partial charge in [0.2, 0.25) is 0 Å². The first-order valence-corrected chi connectivity index (χ1v) is 12.1. The summed E-state index contributed by atoms with van der Waals surface area (Å²) in [5.41, 5.74) is -1.99. The lowest BCUT2D eigenvalue weighted by Crippen LogP contribution is -2.44. The number of carbonyl (C=O) groups is 2. The molecule has 0 saturated carbocycles. The molecule has 4 unspecified atom stereocenters. The highest BCUT2D eigenvalue weighted by atomic mass is 79.9. The molecule has 3 rings (SSSR count). The smallest absolute Gasteiger partial charge is 0.480 e. The molecule has 0 aliphatic carbocycles. The summed E-state index contributed by atoms with van der Waals surface area (Å²) < 4.78 is 62.3. The number of carboxylic acid groups (broad SMARTS) is 2. The van der Waals surface area contributed by atoms with Gasteiger partial charge in [0.15, 0.2) is 0 Å². The highest BCUT2D eigenvalue weighted by molar-refractivity contribution is 9.10. The number of hydrogen-bond acceptors (Lipinski definition) is 4. The minimum Gasteiger partial charge on any atom is -0.480 e. The Morgan fingerprint density at radius 1 is 1.16 bits per heavy atom. The maximum Gasteiger partial charge on any atom is 0.490 e. The Hall–Kier alpha value is -2.75. The van der Waals surface area contributed by atoms with Crippen LogP contribution in [0.1, 0.15) is 44.2 Å². The van der Waals surface area contributed by atoms with Gasteiger partial charge >= 0.3 is 18.1 Å². The van der Waals surface area contributed by atoms with Crippen LogP contribution in [0.25, 0.3) is 0 Å². The van der Waals surface area contributed by atoms with Gasteiger partial charge in [-0.3, -0.25) is 10.1 Å². The molecule has 1 aliphatic rings. The van der Waals surface area contributed by atoms with Crippen molar-refractivity contribution in [3.8, 4) is 6.07 Å². The lowest BCUT2D eigenvalue weighted by Gasteiger charge is -2.37. The third-order valence-corrected chi connectivity index (χ3v) is 6.81. The Labute approximate surface area is 228 Å². The van der Waals surface area contributed by atoms with E-state index in [0.717, 1.165) is 6.07 Å². The number of benzene rings is 2. The Morgan fingerprint density at radius 3 is 2.18 bits per heavy atom. The van der Waals surface area contributed by atoms with E-state index >= 15 is 8.78 Å². The van der Waals surface area contributed by atoms with Gasteiger partial charge in [0.05, 0.1) is 10.5 Å². The summed E-state index contributed by atoms with van der Waals surface area (Å²) in [6.45, 7) is 5.83. The number of aliphatic carboxylic acids is 2. The third kappa shape index (κ3) is 6.62. The fourth-order valence-electron chi connectivity index (χ4n) is 4.54. The molecule has 2 aromatic rings. The summed E-state index contributed by atoms with van der Waals surface area (Å²) in [4.78, 5) is 21.1. The van der Waals surface area contributed by atoms with Crippen molar-refractivity contribution < 1.29 is 41.8 Å².